The highest BCUT2D eigenvalue weighted by Gasteiger charge is 2.25. The maximum atomic E-state index is 14.2. The highest BCUT2D eigenvalue weighted by atomic mass is 19.1. The number of hydrogen-bond acceptors (Lipinski definition) is 6. The second-order valence-electron chi connectivity index (χ2n) is 8.40. The topological polar surface area (TPSA) is 87.9 Å². The molecule has 158 valence electrons. The van der Waals surface area contributed by atoms with Crippen LogP contribution in [0.1, 0.15) is 57.4 Å². The van der Waals surface area contributed by atoms with E-state index in [0.717, 1.165) is 44.2 Å². The molecule has 0 bridgehead atoms. The molecule has 7 nitrogen and oxygen atoms in total. The Kier molecular flexibility index (Phi) is 5.25. The zero-order valence-corrected chi connectivity index (χ0v) is 16.9. The number of fused-ring (bicyclic) bond motifs is 1. The number of para-hydroxylation sites is 1. The van der Waals surface area contributed by atoms with Crippen molar-refractivity contribution in [2.75, 3.05) is 10.6 Å². The van der Waals surface area contributed by atoms with Crippen LogP contribution >= 0.6 is 0 Å². The fourth-order valence-corrected chi connectivity index (χ4v) is 4.64. The molecule has 0 unspecified atom stereocenters. The second-order valence-corrected chi connectivity index (χ2v) is 8.40. The number of hydrogen-bond donors (Lipinski definition) is 3. The Morgan fingerprint density at radius 1 is 1.00 bits per heavy atom. The molecular formula is C22H27FN6O. The Labute approximate surface area is 174 Å². The van der Waals surface area contributed by atoms with E-state index in [-0.39, 0.29) is 24.0 Å². The van der Waals surface area contributed by atoms with Gasteiger partial charge in [0.1, 0.15) is 11.3 Å². The number of halogens is 1. The molecule has 0 saturated heterocycles. The van der Waals surface area contributed by atoms with Crippen molar-refractivity contribution in [2.45, 2.75) is 69.6 Å². The molecule has 2 heterocycles. The number of rotatable bonds is 5. The van der Waals surface area contributed by atoms with Crippen molar-refractivity contribution in [3.8, 4) is 0 Å². The van der Waals surface area contributed by atoms with Crippen molar-refractivity contribution in [3.05, 3.63) is 36.3 Å². The van der Waals surface area contributed by atoms with Crippen LogP contribution in [0.15, 0.2) is 30.5 Å². The average molecular weight is 410 g/mol. The lowest BCUT2D eigenvalue weighted by molar-refractivity contribution is 0.126. The van der Waals surface area contributed by atoms with Gasteiger partial charge in [0.25, 0.3) is 0 Å². The van der Waals surface area contributed by atoms with Gasteiger partial charge in [-0.05, 0) is 50.7 Å². The Morgan fingerprint density at radius 2 is 1.77 bits per heavy atom. The summed E-state index contributed by atoms with van der Waals surface area (Å²) < 4.78 is 16.4. The molecule has 2 aliphatic rings. The lowest BCUT2D eigenvalue weighted by atomic mass is 9.93. The Balaban J connectivity index is 1.49. The number of benzene rings is 1. The lowest BCUT2D eigenvalue weighted by Crippen LogP contribution is -2.29. The fourth-order valence-electron chi connectivity index (χ4n) is 4.64. The van der Waals surface area contributed by atoms with E-state index in [1.54, 1.807) is 24.4 Å². The first-order valence-corrected chi connectivity index (χ1v) is 10.9. The van der Waals surface area contributed by atoms with Crippen LogP contribution in [0.3, 0.4) is 0 Å². The van der Waals surface area contributed by atoms with E-state index in [1.807, 2.05) is 0 Å². The first-order chi connectivity index (χ1) is 14.7. The summed E-state index contributed by atoms with van der Waals surface area (Å²) in [6.45, 7) is 0. The summed E-state index contributed by atoms with van der Waals surface area (Å²) in [6, 6.07) is 7.18. The maximum absolute atomic E-state index is 14.2. The van der Waals surface area contributed by atoms with Crippen molar-refractivity contribution in [1.82, 2.24) is 19.5 Å². The summed E-state index contributed by atoms with van der Waals surface area (Å²) in [5.74, 6) is 0.880. The molecule has 2 aromatic heterocycles. The first-order valence-electron chi connectivity index (χ1n) is 10.9. The van der Waals surface area contributed by atoms with E-state index in [9.17, 15) is 9.50 Å². The summed E-state index contributed by atoms with van der Waals surface area (Å²) in [4.78, 5) is 14.0. The molecule has 8 heteroatoms. The van der Waals surface area contributed by atoms with E-state index >= 15 is 0 Å². The largest absolute Gasteiger partial charge is 0.393 e. The van der Waals surface area contributed by atoms with Crippen LogP contribution in [0, 0.1) is 5.82 Å². The van der Waals surface area contributed by atoms with Crippen molar-refractivity contribution < 1.29 is 9.50 Å². The summed E-state index contributed by atoms with van der Waals surface area (Å²) in [6.07, 6.45) is 9.42. The van der Waals surface area contributed by atoms with Gasteiger partial charge in [0.15, 0.2) is 5.65 Å². The number of imidazole rings is 1. The monoisotopic (exact) mass is 410 g/mol. The molecule has 2 saturated carbocycles. The van der Waals surface area contributed by atoms with Gasteiger partial charge in [0.2, 0.25) is 11.9 Å². The molecule has 0 atom stereocenters. The number of anilines is 3. The van der Waals surface area contributed by atoms with E-state index < -0.39 is 0 Å². The van der Waals surface area contributed by atoms with Crippen molar-refractivity contribution in [3.63, 3.8) is 0 Å². The van der Waals surface area contributed by atoms with Crippen LogP contribution < -0.4 is 10.6 Å². The molecule has 2 fully saturated rings. The van der Waals surface area contributed by atoms with Crippen molar-refractivity contribution in [1.29, 1.82) is 0 Å². The van der Waals surface area contributed by atoms with E-state index in [2.05, 4.69) is 20.2 Å². The van der Waals surface area contributed by atoms with Gasteiger partial charge in [0, 0.05) is 12.1 Å². The predicted molar refractivity (Wildman–Crippen MR) is 114 cm³/mol. The normalized spacial score (nSPS) is 22.5. The molecule has 0 amide bonds. The summed E-state index contributed by atoms with van der Waals surface area (Å²) in [5, 5.41) is 16.3. The zero-order chi connectivity index (χ0) is 20.5. The minimum atomic E-state index is -0.310. The Morgan fingerprint density at radius 3 is 2.53 bits per heavy atom. The average Bonchev–Trinajstić information content (AvgIpc) is 3.38. The third kappa shape index (κ3) is 3.84. The first kappa shape index (κ1) is 19.2. The smallest absolute Gasteiger partial charge is 0.224 e. The minimum absolute atomic E-state index is 0.192. The standard InChI is InChI=1S/C22H27FN6O/c23-17-7-3-4-8-18(17)26-22-27-19-13-24-21(25-14-9-11-16(30)12-10-14)28-20(19)29(22)15-5-1-2-6-15/h3-4,7-8,13-16,30H,1-2,5-6,9-12H2,(H,26,27)(H,24,25,28)/t14-,16-. The number of aromatic nitrogens is 4. The van der Waals surface area contributed by atoms with Crippen LogP contribution in [0.2, 0.25) is 0 Å². The molecular weight excluding hydrogens is 383 g/mol. The molecule has 0 spiro atoms. The Hall–Kier alpha value is -2.74. The number of nitrogens with zero attached hydrogens (tertiary/aromatic N) is 4. The lowest BCUT2D eigenvalue weighted by Gasteiger charge is -2.26. The molecule has 30 heavy (non-hydrogen) atoms. The van der Waals surface area contributed by atoms with Crippen molar-refractivity contribution >= 4 is 28.7 Å². The molecule has 0 radical (unpaired) electrons. The predicted octanol–water partition coefficient (Wildman–Crippen LogP) is 4.54. The van der Waals surface area contributed by atoms with Gasteiger partial charge in [-0.1, -0.05) is 25.0 Å². The third-order valence-corrected chi connectivity index (χ3v) is 6.27. The summed E-state index contributed by atoms with van der Waals surface area (Å²) >= 11 is 0. The van der Waals surface area contributed by atoms with Gasteiger partial charge in [-0.3, -0.25) is 4.57 Å². The van der Waals surface area contributed by atoms with E-state index in [0.29, 0.717) is 23.1 Å². The van der Waals surface area contributed by atoms with E-state index in [4.69, 9.17) is 9.97 Å². The Bertz CT molecular complexity index is 1020. The highest BCUT2D eigenvalue weighted by Crippen LogP contribution is 2.36. The van der Waals surface area contributed by atoms with Gasteiger partial charge in [0.05, 0.1) is 18.0 Å². The van der Waals surface area contributed by atoms with Crippen LogP contribution in [0.5, 0.6) is 0 Å². The fraction of sp³-hybridized carbons (Fsp3) is 0.500. The maximum Gasteiger partial charge on any atom is 0.224 e. The molecule has 0 aliphatic heterocycles. The molecule has 1 aromatic carbocycles. The van der Waals surface area contributed by atoms with E-state index in [1.165, 1.54) is 18.9 Å². The molecule has 3 N–H and O–H groups in total. The summed E-state index contributed by atoms with van der Waals surface area (Å²) in [5.41, 5.74) is 1.87. The number of nitrogens with one attached hydrogen (secondary N) is 2. The molecule has 2 aliphatic carbocycles. The SMILES string of the molecule is O[C@H]1CC[C@H](Nc2ncc3nc(Nc4ccccc4F)n(C4CCCC4)c3n2)CC1. The number of aliphatic hydroxyl groups is 1. The minimum Gasteiger partial charge on any atom is -0.393 e. The van der Waals surface area contributed by atoms with Gasteiger partial charge >= 0.3 is 0 Å². The second kappa shape index (κ2) is 8.18. The zero-order valence-electron chi connectivity index (χ0n) is 16.9. The van der Waals surface area contributed by atoms with Gasteiger partial charge in [-0.2, -0.15) is 4.98 Å². The molecule has 5 rings (SSSR count). The van der Waals surface area contributed by atoms with Gasteiger partial charge in [-0.25, -0.2) is 14.4 Å². The van der Waals surface area contributed by atoms with Gasteiger partial charge in [-0.15, -0.1) is 0 Å². The van der Waals surface area contributed by atoms with Crippen LogP contribution in [-0.2, 0) is 0 Å². The third-order valence-electron chi connectivity index (χ3n) is 6.27. The van der Waals surface area contributed by atoms with Crippen LogP contribution in [-0.4, -0.2) is 36.8 Å². The van der Waals surface area contributed by atoms with Crippen LogP contribution in [0.25, 0.3) is 11.2 Å². The summed E-state index contributed by atoms with van der Waals surface area (Å²) in [7, 11) is 0. The van der Waals surface area contributed by atoms with Crippen LogP contribution in [0.4, 0.5) is 22.0 Å². The van der Waals surface area contributed by atoms with Crippen molar-refractivity contribution in [2.24, 2.45) is 0 Å². The highest BCUT2D eigenvalue weighted by molar-refractivity contribution is 5.76. The quantitative estimate of drug-likeness (QED) is 0.572. The molecule has 3 aromatic rings. The number of aliphatic hydroxyl groups excluding tert-OH is 1. The van der Waals surface area contributed by atoms with Gasteiger partial charge < -0.3 is 15.7 Å².